The minimum Gasteiger partial charge on any atom is -0.388 e. The molecule has 0 saturated carbocycles. The lowest BCUT2D eigenvalue weighted by molar-refractivity contribution is 0.0270. The van der Waals surface area contributed by atoms with Gasteiger partial charge in [0.25, 0.3) is 0 Å². The lowest BCUT2D eigenvalue weighted by atomic mass is 10.0. The summed E-state index contributed by atoms with van der Waals surface area (Å²) in [5, 5.41) is 14.9. The number of amides is 2. The van der Waals surface area contributed by atoms with Crippen molar-refractivity contribution in [3.05, 3.63) is 0 Å². The Morgan fingerprint density at radius 1 is 1.50 bits per heavy atom. The average Bonchev–Trinajstić information content (AvgIpc) is 2.13. The van der Waals surface area contributed by atoms with Crippen LogP contribution >= 0.6 is 0 Å². The molecule has 0 aromatic carbocycles. The molecule has 0 fully saturated rings. The van der Waals surface area contributed by atoms with E-state index in [-0.39, 0.29) is 12.6 Å². The first-order valence-corrected chi connectivity index (χ1v) is 4.75. The van der Waals surface area contributed by atoms with Crippen LogP contribution in [0.4, 0.5) is 4.79 Å². The fourth-order valence-corrected chi connectivity index (χ4v) is 0.904. The van der Waals surface area contributed by atoms with E-state index < -0.39 is 5.60 Å². The molecule has 0 saturated heterocycles. The van der Waals surface area contributed by atoms with Gasteiger partial charge < -0.3 is 20.5 Å². The third kappa shape index (κ3) is 6.68. The van der Waals surface area contributed by atoms with Gasteiger partial charge in [-0.15, -0.1) is 0 Å². The zero-order valence-corrected chi connectivity index (χ0v) is 9.09. The summed E-state index contributed by atoms with van der Waals surface area (Å²) in [5.41, 5.74) is -0.916. The first-order valence-electron chi connectivity index (χ1n) is 4.75. The van der Waals surface area contributed by atoms with Gasteiger partial charge in [0.2, 0.25) is 0 Å². The highest BCUT2D eigenvalue weighted by molar-refractivity contribution is 5.73. The van der Waals surface area contributed by atoms with Crippen LogP contribution < -0.4 is 10.6 Å². The van der Waals surface area contributed by atoms with Gasteiger partial charge in [-0.25, -0.2) is 4.79 Å². The van der Waals surface area contributed by atoms with Crippen LogP contribution in [-0.2, 0) is 4.74 Å². The Hall–Kier alpha value is -0.810. The number of ether oxygens (including phenoxy) is 1. The second-order valence-corrected chi connectivity index (χ2v) is 3.45. The molecule has 0 rings (SSSR count). The summed E-state index contributed by atoms with van der Waals surface area (Å²) in [7, 11) is 1.58. The summed E-state index contributed by atoms with van der Waals surface area (Å²) in [6.45, 7) is 4.78. The van der Waals surface area contributed by atoms with Gasteiger partial charge in [0.1, 0.15) is 0 Å². The van der Waals surface area contributed by atoms with Crippen LogP contribution in [0.15, 0.2) is 0 Å². The average molecular weight is 204 g/mol. The van der Waals surface area contributed by atoms with Crippen molar-refractivity contribution in [1.82, 2.24) is 10.6 Å². The molecule has 0 heterocycles. The van der Waals surface area contributed by atoms with Crippen molar-refractivity contribution >= 4 is 6.03 Å². The smallest absolute Gasteiger partial charge is 0.314 e. The number of nitrogens with one attached hydrogen (secondary N) is 2. The summed E-state index contributed by atoms with van der Waals surface area (Å²) in [5.74, 6) is 0. The number of rotatable bonds is 6. The Kier molecular flexibility index (Phi) is 6.23. The van der Waals surface area contributed by atoms with Gasteiger partial charge in [-0.2, -0.15) is 0 Å². The molecule has 5 heteroatoms. The van der Waals surface area contributed by atoms with Crippen molar-refractivity contribution in [2.24, 2.45) is 0 Å². The van der Waals surface area contributed by atoms with Crippen LogP contribution in [0.1, 0.15) is 20.3 Å². The van der Waals surface area contributed by atoms with Crippen molar-refractivity contribution in [3.8, 4) is 0 Å². The van der Waals surface area contributed by atoms with Gasteiger partial charge in [-0.1, -0.05) is 0 Å². The van der Waals surface area contributed by atoms with Crippen LogP contribution in [-0.4, -0.2) is 43.5 Å². The molecule has 0 aliphatic rings. The maximum absolute atomic E-state index is 11.0. The lowest BCUT2D eigenvalue weighted by Gasteiger charge is -2.23. The van der Waals surface area contributed by atoms with Crippen LogP contribution in [0.3, 0.4) is 0 Å². The topological polar surface area (TPSA) is 70.6 Å². The first kappa shape index (κ1) is 13.2. The molecule has 5 nitrogen and oxygen atoms in total. The highest BCUT2D eigenvalue weighted by Gasteiger charge is 2.20. The number of hydrogen-bond acceptors (Lipinski definition) is 3. The zero-order valence-electron chi connectivity index (χ0n) is 9.09. The molecule has 0 bridgehead atoms. The maximum atomic E-state index is 11.0. The minimum absolute atomic E-state index is 0.224. The second kappa shape index (κ2) is 6.62. The van der Waals surface area contributed by atoms with E-state index in [0.29, 0.717) is 19.6 Å². The van der Waals surface area contributed by atoms with E-state index in [9.17, 15) is 9.90 Å². The zero-order chi connectivity index (χ0) is 11.0. The lowest BCUT2D eigenvalue weighted by Crippen LogP contribution is -2.45. The molecular weight excluding hydrogens is 184 g/mol. The van der Waals surface area contributed by atoms with Crippen LogP contribution in [0.25, 0.3) is 0 Å². The predicted molar refractivity (Wildman–Crippen MR) is 54.2 cm³/mol. The van der Waals surface area contributed by atoms with E-state index in [1.165, 1.54) is 0 Å². The normalized spacial score (nSPS) is 14.6. The molecule has 0 aromatic heterocycles. The number of methoxy groups -OCH3 is 1. The number of aliphatic hydroxyl groups is 1. The first-order chi connectivity index (χ1) is 6.52. The standard InChI is InChI=1S/C9H20N2O3/c1-4-10-8(12)11-7-9(2,13)5-6-14-3/h13H,4-7H2,1-3H3,(H2,10,11,12). The molecular formula is C9H20N2O3. The van der Waals surface area contributed by atoms with Gasteiger partial charge in [0.15, 0.2) is 0 Å². The Bertz CT molecular complexity index is 171. The van der Waals surface area contributed by atoms with Gasteiger partial charge in [0.05, 0.1) is 5.60 Å². The minimum atomic E-state index is -0.916. The van der Waals surface area contributed by atoms with Crippen LogP contribution in [0.2, 0.25) is 0 Å². The summed E-state index contributed by atoms with van der Waals surface area (Å²) in [6, 6.07) is -0.259. The van der Waals surface area contributed by atoms with E-state index >= 15 is 0 Å². The van der Waals surface area contributed by atoms with Gasteiger partial charge in [0, 0.05) is 33.2 Å². The van der Waals surface area contributed by atoms with Crippen molar-refractivity contribution in [2.45, 2.75) is 25.9 Å². The molecule has 0 aliphatic carbocycles. The summed E-state index contributed by atoms with van der Waals surface area (Å²) in [6.07, 6.45) is 0.496. The molecule has 0 radical (unpaired) electrons. The molecule has 84 valence electrons. The summed E-state index contributed by atoms with van der Waals surface area (Å²) in [4.78, 5) is 11.0. The third-order valence-electron chi connectivity index (χ3n) is 1.81. The third-order valence-corrected chi connectivity index (χ3v) is 1.81. The molecule has 0 aromatic rings. The van der Waals surface area contributed by atoms with E-state index in [4.69, 9.17) is 4.74 Å². The molecule has 3 N–H and O–H groups in total. The van der Waals surface area contributed by atoms with Crippen molar-refractivity contribution in [2.75, 3.05) is 26.8 Å². The predicted octanol–water partition coefficient (Wildman–Crippen LogP) is 0.0930. The highest BCUT2D eigenvalue weighted by Crippen LogP contribution is 2.06. The van der Waals surface area contributed by atoms with Crippen molar-refractivity contribution < 1.29 is 14.6 Å². The molecule has 1 unspecified atom stereocenters. The van der Waals surface area contributed by atoms with Crippen LogP contribution in [0.5, 0.6) is 0 Å². The second-order valence-electron chi connectivity index (χ2n) is 3.45. The quantitative estimate of drug-likeness (QED) is 0.574. The maximum Gasteiger partial charge on any atom is 0.314 e. The summed E-state index contributed by atoms with van der Waals surface area (Å²) >= 11 is 0. The van der Waals surface area contributed by atoms with Gasteiger partial charge in [-0.3, -0.25) is 0 Å². The van der Waals surface area contributed by atoms with E-state index in [0.717, 1.165) is 0 Å². The Labute approximate surface area is 84.8 Å². The Morgan fingerprint density at radius 3 is 2.64 bits per heavy atom. The van der Waals surface area contributed by atoms with Crippen LogP contribution in [0, 0.1) is 0 Å². The molecule has 0 aliphatic heterocycles. The fraction of sp³-hybridized carbons (Fsp3) is 0.889. The molecule has 0 spiro atoms. The van der Waals surface area contributed by atoms with E-state index in [1.807, 2.05) is 6.92 Å². The van der Waals surface area contributed by atoms with Gasteiger partial charge in [-0.05, 0) is 13.8 Å². The fourth-order valence-electron chi connectivity index (χ4n) is 0.904. The SMILES string of the molecule is CCNC(=O)NCC(C)(O)CCOC. The molecule has 1 atom stereocenters. The van der Waals surface area contributed by atoms with E-state index in [2.05, 4.69) is 10.6 Å². The summed E-state index contributed by atoms with van der Waals surface area (Å²) < 4.78 is 4.84. The van der Waals surface area contributed by atoms with Crippen molar-refractivity contribution in [3.63, 3.8) is 0 Å². The number of carbonyl (C=O) groups is 1. The Morgan fingerprint density at radius 2 is 2.14 bits per heavy atom. The Balaban J connectivity index is 3.68. The number of carbonyl (C=O) groups excluding carboxylic acids is 1. The van der Waals surface area contributed by atoms with Crippen molar-refractivity contribution in [1.29, 1.82) is 0 Å². The number of hydrogen-bond donors (Lipinski definition) is 3. The number of urea groups is 1. The van der Waals surface area contributed by atoms with E-state index in [1.54, 1.807) is 14.0 Å². The highest BCUT2D eigenvalue weighted by atomic mass is 16.5. The molecule has 2 amide bonds. The molecule has 14 heavy (non-hydrogen) atoms. The monoisotopic (exact) mass is 204 g/mol. The van der Waals surface area contributed by atoms with Gasteiger partial charge >= 0.3 is 6.03 Å². The largest absolute Gasteiger partial charge is 0.388 e.